The van der Waals surface area contributed by atoms with Crippen LogP contribution in [0, 0.1) is 17.8 Å². The summed E-state index contributed by atoms with van der Waals surface area (Å²) in [6.45, 7) is 13.7. The lowest BCUT2D eigenvalue weighted by molar-refractivity contribution is -0.820. The molecule has 3 fully saturated rings. The van der Waals surface area contributed by atoms with Gasteiger partial charge in [-0.2, -0.15) is 10.4 Å². The molecule has 3 aliphatic heterocycles. The van der Waals surface area contributed by atoms with Crippen molar-refractivity contribution in [2.75, 3.05) is 39.3 Å². The van der Waals surface area contributed by atoms with Crippen molar-refractivity contribution in [2.45, 2.75) is 59.3 Å². The lowest BCUT2D eigenvalue weighted by atomic mass is 10.00. The third-order valence-electron chi connectivity index (χ3n) is 6.33. The number of hydrogen-bond acceptors (Lipinski definition) is 3. The molecule has 0 bridgehead atoms. The second-order valence-corrected chi connectivity index (χ2v) is 8.73. The molecular weight excluding hydrogens is 348 g/mol. The normalized spacial score (nSPS) is 24.3. The minimum absolute atomic E-state index is 0. The van der Waals surface area contributed by atoms with Gasteiger partial charge in [0.2, 0.25) is 0 Å². The number of nitrogens with one attached hydrogen (secondary N) is 1. The summed E-state index contributed by atoms with van der Waals surface area (Å²) in [6, 6.07) is 0. The maximum Gasteiger partial charge on any atom is 0.405 e. The molecule has 3 saturated heterocycles. The zero-order valence-corrected chi connectivity index (χ0v) is 17.7. The van der Waals surface area contributed by atoms with Crippen LogP contribution in [-0.4, -0.2) is 65.0 Å². The highest BCUT2D eigenvalue weighted by atomic mass is 35.5. The third-order valence-corrected chi connectivity index (χ3v) is 6.33. The van der Waals surface area contributed by atoms with Crippen molar-refractivity contribution in [1.82, 2.24) is 20.5 Å². The fraction of sp³-hybridized carbons (Fsp3) is 0.947. The molecule has 3 heterocycles. The highest BCUT2D eigenvalue weighted by Crippen LogP contribution is 2.21. The van der Waals surface area contributed by atoms with E-state index >= 15 is 0 Å². The Morgan fingerprint density at radius 3 is 1.46 bits per heavy atom. The average Bonchev–Trinajstić information content (AvgIpc) is 2.60. The summed E-state index contributed by atoms with van der Waals surface area (Å²) in [5.41, 5.74) is 10.1. The molecule has 0 spiro atoms. The van der Waals surface area contributed by atoms with Gasteiger partial charge >= 0.3 is 5.96 Å². The predicted octanol–water partition coefficient (Wildman–Crippen LogP) is -1.15. The predicted molar refractivity (Wildman–Crippen MR) is 103 cm³/mol. The zero-order valence-electron chi connectivity index (χ0n) is 17.0. The summed E-state index contributed by atoms with van der Waals surface area (Å²) in [4.78, 5) is 2.29. The van der Waals surface area contributed by atoms with Gasteiger partial charge in [0, 0.05) is 39.3 Å². The molecule has 0 amide bonds. The molecule has 7 heteroatoms. The van der Waals surface area contributed by atoms with E-state index in [9.17, 15) is 0 Å². The van der Waals surface area contributed by atoms with Crippen molar-refractivity contribution < 1.29 is 17.2 Å². The number of hydrazine groups is 3. The van der Waals surface area contributed by atoms with Crippen LogP contribution in [0.2, 0.25) is 0 Å². The van der Waals surface area contributed by atoms with Crippen molar-refractivity contribution >= 4 is 5.96 Å². The Morgan fingerprint density at radius 1 is 0.731 bits per heavy atom. The van der Waals surface area contributed by atoms with Gasteiger partial charge < -0.3 is 12.4 Å². The van der Waals surface area contributed by atoms with Gasteiger partial charge in [0.1, 0.15) is 0 Å². The Labute approximate surface area is 166 Å². The Hall–Kier alpha value is -0.880. The minimum atomic E-state index is 0. The lowest BCUT2D eigenvalue weighted by Gasteiger charge is -2.40. The molecule has 0 atom stereocenters. The first-order valence-corrected chi connectivity index (χ1v) is 10.5. The van der Waals surface area contributed by atoms with E-state index in [-0.39, 0.29) is 12.4 Å². The van der Waals surface area contributed by atoms with E-state index < -0.39 is 0 Å². The van der Waals surface area contributed by atoms with Gasteiger partial charge in [0.25, 0.3) is 0 Å². The molecule has 0 unspecified atom stereocenters. The molecule has 0 radical (unpaired) electrons. The molecule has 3 N–H and O–H groups in total. The fourth-order valence-corrected chi connectivity index (χ4v) is 4.18. The van der Waals surface area contributed by atoms with Crippen LogP contribution in [0.4, 0.5) is 0 Å². The number of nitrogens with two attached hydrogens (primary N) is 1. The number of piperidine rings is 3. The van der Waals surface area contributed by atoms with Crippen LogP contribution in [0.5, 0.6) is 0 Å². The van der Waals surface area contributed by atoms with Crippen LogP contribution < -0.4 is 23.6 Å². The smallest absolute Gasteiger partial charge is 0.405 e. The van der Waals surface area contributed by atoms with E-state index in [2.05, 4.69) is 46.0 Å². The summed E-state index contributed by atoms with van der Waals surface area (Å²) >= 11 is 0. The van der Waals surface area contributed by atoms with Crippen molar-refractivity contribution in [3.8, 4) is 0 Å². The summed E-state index contributed by atoms with van der Waals surface area (Å²) in [6.07, 6.45) is 7.54. The van der Waals surface area contributed by atoms with Crippen molar-refractivity contribution in [2.24, 2.45) is 23.5 Å². The number of halogens is 1. The van der Waals surface area contributed by atoms with Gasteiger partial charge in [-0.25, -0.2) is 10.0 Å². The van der Waals surface area contributed by atoms with Gasteiger partial charge in [0.05, 0.1) is 0 Å². The summed E-state index contributed by atoms with van der Waals surface area (Å²) < 4.78 is 0. The molecule has 26 heavy (non-hydrogen) atoms. The van der Waals surface area contributed by atoms with Gasteiger partial charge in [-0.1, -0.05) is 25.6 Å². The number of nitrogens with zero attached hydrogens (tertiary/aromatic N) is 4. The molecule has 0 aromatic rings. The fourth-order valence-electron chi connectivity index (χ4n) is 4.18. The minimum Gasteiger partial charge on any atom is -1.00 e. The number of hydrazone groups is 2. The summed E-state index contributed by atoms with van der Waals surface area (Å²) in [5.74, 6) is 3.29. The van der Waals surface area contributed by atoms with E-state index in [1.807, 2.05) is 0 Å². The van der Waals surface area contributed by atoms with Crippen LogP contribution in [0.15, 0.2) is 0 Å². The Kier molecular flexibility index (Phi) is 8.14. The van der Waals surface area contributed by atoms with Crippen LogP contribution in [0.1, 0.15) is 59.3 Å². The molecule has 152 valence electrons. The zero-order chi connectivity index (χ0) is 17.8. The maximum absolute atomic E-state index is 6.62. The Balaban J connectivity index is 0.00000243. The quantitative estimate of drug-likeness (QED) is 0.364. The van der Waals surface area contributed by atoms with Crippen molar-refractivity contribution in [3.63, 3.8) is 0 Å². The molecule has 3 rings (SSSR count). The molecule has 0 aromatic heterocycles. The first kappa shape index (κ1) is 21.4. The maximum atomic E-state index is 6.62. The van der Waals surface area contributed by atoms with E-state index in [4.69, 9.17) is 5.73 Å². The molecule has 0 aliphatic carbocycles. The van der Waals surface area contributed by atoms with Gasteiger partial charge in [-0.05, 0) is 56.3 Å². The second-order valence-electron chi connectivity index (χ2n) is 8.73. The summed E-state index contributed by atoms with van der Waals surface area (Å²) in [5, 5.41) is 7.23. The molecule has 3 aliphatic rings. The van der Waals surface area contributed by atoms with E-state index in [1.54, 1.807) is 0 Å². The monoisotopic (exact) mass is 386 g/mol. The van der Waals surface area contributed by atoms with Crippen molar-refractivity contribution in [3.05, 3.63) is 0 Å². The van der Waals surface area contributed by atoms with Gasteiger partial charge in [-0.3, -0.25) is 5.73 Å². The largest absolute Gasteiger partial charge is 1.00 e. The van der Waals surface area contributed by atoms with Crippen LogP contribution >= 0.6 is 0 Å². The Morgan fingerprint density at radius 2 is 1.08 bits per heavy atom. The van der Waals surface area contributed by atoms with Crippen LogP contribution in [-0.2, 0) is 0 Å². The first-order chi connectivity index (χ1) is 12.0. The molecule has 6 nitrogen and oxygen atoms in total. The number of rotatable bonds is 3. The number of guanidine groups is 1. The first-order valence-electron chi connectivity index (χ1n) is 10.5. The topological polar surface area (TPSA) is 50.8 Å². The Bertz CT molecular complexity index is 423. The van der Waals surface area contributed by atoms with Gasteiger partial charge in [-0.15, -0.1) is 0 Å². The van der Waals surface area contributed by atoms with Crippen LogP contribution in [0.25, 0.3) is 0 Å². The standard InChI is InChI=1S/C19H38N6.ClH/c1-16-4-10-22(11-5-16)21-19(20)25(23-12-6-17(2)7-13-23)24-14-8-18(3)9-15-24;/h16-18H,4-15H2,1-3H3,(H2,20,21);1H. The van der Waals surface area contributed by atoms with Crippen LogP contribution in [0.3, 0.4) is 0 Å². The number of hydrogen-bond donors (Lipinski definition) is 2. The molecular formula is C19H39ClN6. The van der Waals surface area contributed by atoms with E-state index in [0.717, 1.165) is 63.0 Å². The summed E-state index contributed by atoms with van der Waals surface area (Å²) in [7, 11) is 0. The van der Waals surface area contributed by atoms with Crippen molar-refractivity contribution in [1.29, 1.82) is 0 Å². The third kappa shape index (κ3) is 5.56. The van der Waals surface area contributed by atoms with E-state index in [1.165, 1.54) is 38.5 Å². The van der Waals surface area contributed by atoms with Gasteiger partial charge in [0.15, 0.2) is 0 Å². The highest BCUT2D eigenvalue weighted by molar-refractivity contribution is 5.71. The van der Waals surface area contributed by atoms with E-state index in [0.29, 0.717) is 0 Å². The SMILES string of the molecule is CC1CCN(NC(N)=[N+](N2CCC(C)CC2)N2CCC(C)CC2)CC1.[Cl-]. The average molecular weight is 387 g/mol. The molecule has 0 aromatic carbocycles. The lowest BCUT2D eigenvalue weighted by Crippen LogP contribution is -3.00. The second kappa shape index (κ2) is 9.88. The highest BCUT2D eigenvalue weighted by Gasteiger charge is 2.30. The molecule has 0 saturated carbocycles.